The van der Waals surface area contributed by atoms with E-state index in [2.05, 4.69) is 5.32 Å². The average Bonchev–Trinajstić information content (AvgIpc) is 2.31. The van der Waals surface area contributed by atoms with Gasteiger partial charge in [0.05, 0.1) is 6.07 Å². The Morgan fingerprint density at radius 2 is 1.94 bits per heavy atom. The number of hydrogen-bond acceptors (Lipinski definition) is 2. The lowest BCUT2D eigenvalue weighted by atomic mass is 10.1. The molecule has 1 rings (SSSR count). The molecule has 17 heavy (non-hydrogen) atoms. The molecule has 0 saturated carbocycles. The number of benzene rings is 1. The van der Waals surface area contributed by atoms with Crippen LogP contribution in [0.15, 0.2) is 12.1 Å². The molecule has 1 amide bonds. The van der Waals surface area contributed by atoms with Gasteiger partial charge in [-0.3, -0.25) is 4.79 Å². The monoisotopic (exact) mass is 242 g/mol. The van der Waals surface area contributed by atoms with E-state index in [0.29, 0.717) is 18.6 Å². The zero-order valence-electron chi connectivity index (χ0n) is 8.93. The molecule has 1 N–H and O–H groups in total. The molecule has 1 aromatic rings. The highest BCUT2D eigenvalue weighted by Crippen LogP contribution is 2.13. The van der Waals surface area contributed by atoms with Crippen LogP contribution < -0.4 is 5.32 Å². The highest BCUT2D eigenvalue weighted by atomic mass is 19.2. The quantitative estimate of drug-likeness (QED) is 0.825. The first-order valence-electron chi connectivity index (χ1n) is 4.84. The first kappa shape index (κ1) is 13.0. The first-order chi connectivity index (χ1) is 7.99. The molecule has 0 aliphatic carbocycles. The number of nitrogens with zero attached hydrogens (tertiary/aromatic N) is 1. The predicted molar refractivity (Wildman–Crippen MR) is 53.5 cm³/mol. The summed E-state index contributed by atoms with van der Waals surface area (Å²) in [7, 11) is 0. The van der Waals surface area contributed by atoms with Crippen molar-refractivity contribution in [2.75, 3.05) is 0 Å². The lowest BCUT2D eigenvalue weighted by Gasteiger charge is -2.09. The molecule has 6 heteroatoms. The van der Waals surface area contributed by atoms with E-state index < -0.39 is 29.4 Å². The van der Waals surface area contributed by atoms with Crippen LogP contribution in [0.4, 0.5) is 13.2 Å². The number of halogens is 3. The van der Waals surface area contributed by atoms with Crippen molar-refractivity contribution in [1.82, 2.24) is 5.32 Å². The minimum absolute atomic E-state index is 0.356. The summed E-state index contributed by atoms with van der Waals surface area (Å²) in [5.41, 5.74) is -0.366. The molecular weight excluding hydrogens is 233 g/mol. The van der Waals surface area contributed by atoms with E-state index in [-0.39, 0.29) is 5.56 Å². The molecule has 0 radical (unpaired) electrons. The summed E-state index contributed by atoms with van der Waals surface area (Å²) in [6.45, 7) is 1.67. The molecule has 0 aliphatic heterocycles. The van der Waals surface area contributed by atoms with Gasteiger partial charge in [-0.1, -0.05) is 6.92 Å². The molecule has 0 aliphatic rings. The number of nitrogens with one attached hydrogen (secondary N) is 1. The molecule has 1 unspecified atom stereocenters. The van der Waals surface area contributed by atoms with E-state index in [1.807, 2.05) is 0 Å². The highest BCUT2D eigenvalue weighted by molar-refractivity contribution is 5.94. The number of hydrogen-bond donors (Lipinski definition) is 1. The van der Waals surface area contributed by atoms with E-state index in [0.717, 1.165) is 0 Å². The van der Waals surface area contributed by atoms with Crippen LogP contribution in [0.3, 0.4) is 0 Å². The third-order valence-electron chi connectivity index (χ3n) is 2.12. The van der Waals surface area contributed by atoms with Crippen LogP contribution in [0, 0.1) is 28.8 Å². The maximum Gasteiger partial charge on any atom is 0.252 e. The molecule has 0 spiro atoms. The molecule has 0 fully saturated rings. The van der Waals surface area contributed by atoms with Gasteiger partial charge in [-0.2, -0.15) is 5.26 Å². The number of amides is 1. The normalized spacial score (nSPS) is 11.7. The van der Waals surface area contributed by atoms with Crippen LogP contribution >= 0.6 is 0 Å². The summed E-state index contributed by atoms with van der Waals surface area (Å²) >= 11 is 0. The van der Waals surface area contributed by atoms with Gasteiger partial charge in [-0.05, 0) is 18.6 Å². The van der Waals surface area contributed by atoms with Gasteiger partial charge >= 0.3 is 0 Å². The standard InChI is InChI=1S/C11H9F3N2O/c1-2-7(5-15)16-11(17)6-3-8(12)10(14)9(13)4-6/h3-4,7H,2H2,1H3,(H,16,17). The number of carbonyl (C=O) groups is 1. The van der Waals surface area contributed by atoms with Crippen molar-refractivity contribution in [3.05, 3.63) is 35.1 Å². The van der Waals surface area contributed by atoms with E-state index in [9.17, 15) is 18.0 Å². The van der Waals surface area contributed by atoms with E-state index in [1.165, 1.54) is 0 Å². The Labute approximate surface area is 95.9 Å². The van der Waals surface area contributed by atoms with Crippen LogP contribution in [0.5, 0.6) is 0 Å². The third-order valence-corrected chi connectivity index (χ3v) is 2.12. The summed E-state index contributed by atoms with van der Waals surface area (Å²) in [6.07, 6.45) is 0.356. The predicted octanol–water partition coefficient (Wildman–Crippen LogP) is 2.14. The number of nitriles is 1. The van der Waals surface area contributed by atoms with Crippen LogP contribution in [-0.2, 0) is 0 Å². The summed E-state index contributed by atoms with van der Waals surface area (Å²) in [5.74, 6) is -5.34. The van der Waals surface area contributed by atoms with Crippen molar-refractivity contribution in [3.63, 3.8) is 0 Å². The van der Waals surface area contributed by atoms with Gasteiger partial charge in [-0.15, -0.1) is 0 Å². The van der Waals surface area contributed by atoms with Crippen molar-refractivity contribution < 1.29 is 18.0 Å². The second-order valence-corrected chi connectivity index (χ2v) is 3.32. The Bertz CT molecular complexity index is 459. The second-order valence-electron chi connectivity index (χ2n) is 3.32. The van der Waals surface area contributed by atoms with Crippen molar-refractivity contribution in [3.8, 4) is 6.07 Å². The van der Waals surface area contributed by atoms with Crippen LogP contribution in [-0.4, -0.2) is 11.9 Å². The van der Waals surface area contributed by atoms with Crippen LogP contribution in [0.2, 0.25) is 0 Å². The minimum atomic E-state index is -1.63. The third kappa shape index (κ3) is 2.97. The molecule has 3 nitrogen and oxygen atoms in total. The first-order valence-corrected chi connectivity index (χ1v) is 4.84. The van der Waals surface area contributed by atoms with Crippen LogP contribution in [0.25, 0.3) is 0 Å². The summed E-state index contributed by atoms with van der Waals surface area (Å²) in [6, 6.07) is 2.21. The Kier molecular flexibility index (Phi) is 4.10. The maximum atomic E-state index is 12.8. The lowest BCUT2D eigenvalue weighted by molar-refractivity contribution is 0.0943. The molecule has 1 aromatic carbocycles. The highest BCUT2D eigenvalue weighted by Gasteiger charge is 2.16. The van der Waals surface area contributed by atoms with Crippen molar-refractivity contribution >= 4 is 5.91 Å². The van der Waals surface area contributed by atoms with Gasteiger partial charge in [0.15, 0.2) is 17.5 Å². The summed E-state index contributed by atoms with van der Waals surface area (Å²) in [5, 5.41) is 10.9. The Morgan fingerprint density at radius 3 is 2.35 bits per heavy atom. The summed E-state index contributed by atoms with van der Waals surface area (Å²) in [4.78, 5) is 11.5. The second kappa shape index (κ2) is 5.34. The number of carbonyl (C=O) groups excluding carboxylic acids is 1. The molecule has 0 heterocycles. The van der Waals surface area contributed by atoms with Crippen molar-refractivity contribution in [2.24, 2.45) is 0 Å². The minimum Gasteiger partial charge on any atom is -0.336 e. The van der Waals surface area contributed by atoms with E-state index in [1.54, 1.807) is 13.0 Å². The molecule has 0 saturated heterocycles. The molecule has 1 atom stereocenters. The zero-order valence-corrected chi connectivity index (χ0v) is 8.93. The van der Waals surface area contributed by atoms with Crippen molar-refractivity contribution in [2.45, 2.75) is 19.4 Å². The van der Waals surface area contributed by atoms with Gasteiger partial charge in [0.25, 0.3) is 5.91 Å². The summed E-state index contributed by atoms with van der Waals surface area (Å²) < 4.78 is 38.3. The van der Waals surface area contributed by atoms with Crippen LogP contribution in [0.1, 0.15) is 23.7 Å². The average molecular weight is 242 g/mol. The van der Waals surface area contributed by atoms with Gasteiger partial charge in [0.2, 0.25) is 0 Å². The van der Waals surface area contributed by atoms with Gasteiger partial charge in [-0.25, -0.2) is 13.2 Å². The van der Waals surface area contributed by atoms with Gasteiger partial charge in [0.1, 0.15) is 6.04 Å². The SMILES string of the molecule is CCC(C#N)NC(=O)c1cc(F)c(F)c(F)c1. The number of rotatable bonds is 3. The van der Waals surface area contributed by atoms with Gasteiger partial charge in [0, 0.05) is 5.56 Å². The van der Waals surface area contributed by atoms with Crippen molar-refractivity contribution in [1.29, 1.82) is 5.26 Å². The Morgan fingerprint density at radius 1 is 1.41 bits per heavy atom. The topological polar surface area (TPSA) is 52.9 Å². The smallest absolute Gasteiger partial charge is 0.252 e. The maximum absolute atomic E-state index is 12.8. The van der Waals surface area contributed by atoms with Gasteiger partial charge < -0.3 is 5.32 Å². The Hall–Kier alpha value is -2.03. The molecule has 90 valence electrons. The molecule has 0 bridgehead atoms. The largest absolute Gasteiger partial charge is 0.336 e. The Balaban J connectivity index is 2.95. The fraction of sp³-hybridized carbons (Fsp3) is 0.273. The fourth-order valence-electron chi connectivity index (χ4n) is 1.15. The fourth-order valence-corrected chi connectivity index (χ4v) is 1.15. The molecule has 0 aromatic heterocycles. The molecular formula is C11H9F3N2O. The van der Waals surface area contributed by atoms with E-state index in [4.69, 9.17) is 5.26 Å². The zero-order chi connectivity index (χ0) is 13.0. The lowest BCUT2D eigenvalue weighted by Crippen LogP contribution is -2.33. The van der Waals surface area contributed by atoms with E-state index >= 15 is 0 Å².